The van der Waals surface area contributed by atoms with Crippen LogP contribution in [-0.2, 0) is 9.59 Å². The number of ether oxygens (including phenoxy) is 1. The van der Waals surface area contributed by atoms with Crippen LogP contribution in [0.1, 0.15) is 36.8 Å². The second kappa shape index (κ2) is 8.92. The maximum absolute atomic E-state index is 13.1. The van der Waals surface area contributed by atoms with Crippen molar-refractivity contribution in [3.63, 3.8) is 0 Å². The van der Waals surface area contributed by atoms with E-state index in [1.165, 1.54) is 11.0 Å². The quantitative estimate of drug-likeness (QED) is 0.282. The van der Waals surface area contributed by atoms with Crippen LogP contribution < -0.4 is 9.64 Å². The van der Waals surface area contributed by atoms with E-state index in [-0.39, 0.29) is 28.3 Å². The van der Waals surface area contributed by atoms with Crippen molar-refractivity contribution in [2.45, 2.75) is 32.9 Å². The predicted octanol–water partition coefficient (Wildman–Crippen LogP) is 5.70. The molecule has 1 amide bonds. The number of aryl methyl sites for hydroxylation is 1. The van der Waals surface area contributed by atoms with Crippen LogP contribution in [0.5, 0.6) is 5.75 Å². The lowest BCUT2D eigenvalue weighted by atomic mass is 9.95. The Kier molecular flexibility index (Phi) is 6.19. The summed E-state index contributed by atoms with van der Waals surface area (Å²) in [5.41, 5.74) is 0.729. The lowest BCUT2D eigenvalue weighted by Gasteiger charge is -2.23. The maximum Gasteiger partial charge on any atom is 0.301 e. The highest BCUT2D eigenvalue weighted by atomic mass is 35.5. The number of ketones is 1. The number of aliphatic hydroxyl groups excluding tert-OH is 1. The first-order valence-electron chi connectivity index (χ1n) is 10.1. The highest BCUT2D eigenvalue weighted by molar-refractivity contribution is 6.51. The van der Waals surface area contributed by atoms with E-state index < -0.39 is 17.7 Å². The van der Waals surface area contributed by atoms with E-state index in [1.807, 2.05) is 13.8 Å². The highest BCUT2D eigenvalue weighted by Crippen LogP contribution is 2.43. The van der Waals surface area contributed by atoms with Gasteiger partial charge in [-0.15, -0.1) is 0 Å². The summed E-state index contributed by atoms with van der Waals surface area (Å²) in [5, 5.41) is 15.6. The van der Waals surface area contributed by atoms with Crippen molar-refractivity contribution >= 4 is 46.5 Å². The molecule has 1 atom stereocenters. The van der Waals surface area contributed by atoms with Crippen molar-refractivity contribution in [2.75, 3.05) is 4.90 Å². The summed E-state index contributed by atoms with van der Waals surface area (Å²) in [6.45, 7) is 5.47. The summed E-state index contributed by atoms with van der Waals surface area (Å²) in [5.74, 6) is -0.817. The molecule has 1 aliphatic rings. The second-order valence-electron chi connectivity index (χ2n) is 7.83. The number of aliphatic hydroxyl groups is 1. The normalized spacial score (nSPS) is 17.8. The summed E-state index contributed by atoms with van der Waals surface area (Å²) in [6.07, 6.45) is -0.0182. The summed E-state index contributed by atoms with van der Waals surface area (Å²) >= 11 is 12.3. The largest absolute Gasteiger partial charge is 0.507 e. The van der Waals surface area contributed by atoms with Gasteiger partial charge in [0.05, 0.1) is 27.8 Å². The molecule has 0 unspecified atom stereocenters. The van der Waals surface area contributed by atoms with Gasteiger partial charge in [-0.3, -0.25) is 14.5 Å². The fraction of sp³-hybridized carbons (Fsp3) is 0.208. The number of carbonyl (C=O) groups is 2. The first kappa shape index (κ1) is 22.9. The van der Waals surface area contributed by atoms with Crippen LogP contribution in [0.15, 0.2) is 58.6 Å². The molecule has 1 aromatic heterocycles. The molecule has 3 aromatic rings. The average Bonchev–Trinajstić information content (AvgIpc) is 3.30. The minimum absolute atomic E-state index is 0.0182. The van der Waals surface area contributed by atoms with Crippen molar-refractivity contribution in [1.82, 2.24) is 5.16 Å². The van der Waals surface area contributed by atoms with Gasteiger partial charge < -0.3 is 14.4 Å². The fourth-order valence-corrected chi connectivity index (χ4v) is 3.96. The number of anilines is 1. The van der Waals surface area contributed by atoms with Crippen LogP contribution in [0.4, 0.5) is 5.82 Å². The van der Waals surface area contributed by atoms with E-state index >= 15 is 0 Å². The van der Waals surface area contributed by atoms with Crippen LogP contribution in [0.2, 0.25) is 10.0 Å². The number of rotatable bonds is 5. The van der Waals surface area contributed by atoms with Gasteiger partial charge in [0.2, 0.25) is 0 Å². The standard InChI is InChI=1S/C24H20Cl2N2O5/c1-12(2)32-16-7-4-14(5-8-16)22(29)20-21(15-6-9-17(25)18(26)11-15)28(24(31)23(20)30)19-10-13(3)33-27-19/h4-12,21,29H,1-3H3/b22-20+/t21-/m1/s1. The lowest BCUT2D eigenvalue weighted by molar-refractivity contribution is -0.132. The fourth-order valence-electron chi connectivity index (χ4n) is 3.65. The molecule has 0 radical (unpaired) electrons. The Morgan fingerprint density at radius 3 is 2.36 bits per heavy atom. The van der Waals surface area contributed by atoms with Gasteiger partial charge in [-0.1, -0.05) is 34.4 Å². The number of hydrogen-bond acceptors (Lipinski definition) is 6. The smallest absolute Gasteiger partial charge is 0.301 e. The zero-order valence-corrected chi connectivity index (χ0v) is 19.5. The van der Waals surface area contributed by atoms with Crippen molar-refractivity contribution in [3.8, 4) is 5.75 Å². The van der Waals surface area contributed by atoms with Crippen LogP contribution in [-0.4, -0.2) is 28.1 Å². The van der Waals surface area contributed by atoms with Gasteiger partial charge in [0.25, 0.3) is 5.78 Å². The molecule has 2 heterocycles. The SMILES string of the molecule is Cc1cc(N2C(=O)C(=O)/C(=C(/O)c3ccc(OC(C)C)cc3)[C@H]2c2ccc(Cl)c(Cl)c2)no1. The van der Waals surface area contributed by atoms with E-state index in [0.717, 1.165) is 0 Å². The van der Waals surface area contributed by atoms with E-state index in [4.69, 9.17) is 32.5 Å². The van der Waals surface area contributed by atoms with E-state index in [9.17, 15) is 14.7 Å². The first-order chi connectivity index (χ1) is 15.7. The first-order valence-corrected chi connectivity index (χ1v) is 10.9. The number of benzene rings is 2. The summed E-state index contributed by atoms with van der Waals surface area (Å²) < 4.78 is 10.7. The summed E-state index contributed by atoms with van der Waals surface area (Å²) in [4.78, 5) is 27.3. The van der Waals surface area contributed by atoms with Crippen molar-refractivity contribution in [1.29, 1.82) is 0 Å². The number of halogens is 2. The topological polar surface area (TPSA) is 92.9 Å². The zero-order chi connectivity index (χ0) is 23.9. The molecule has 0 saturated carbocycles. The molecule has 1 N–H and O–H groups in total. The van der Waals surface area contributed by atoms with Gasteiger partial charge in [-0.05, 0) is 62.7 Å². The van der Waals surface area contributed by atoms with Gasteiger partial charge in [0.15, 0.2) is 5.82 Å². The van der Waals surface area contributed by atoms with E-state index in [0.29, 0.717) is 27.7 Å². The van der Waals surface area contributed by atoms with Crippen molar-refractivity contribution in [2.24, 2.45) is 0 Å². The Morgan fingerprint density at radius 1 is 1.09 bits per heavy atom. The third kappa shape index (κ3) is 4.34. The molecular formula is C24H20Cl2N2O5. The van der Waals surface area contributed by atoms with Crippen LogP contribution in [0.3, 0.4) is 0 Å². The van der Waals surface area contributed by atoms with E-state index in [2.05, 4.69) is 5.16 Å². The molecule has 1 fully saturated rings. The Hall–Kier alpha value is -3.29. The maximum atomic E-state index is 13.1. The van der Waals surface area contributed by atoms with Crippen molar-refractivity contribution in [3.05, 3.63) is 81.0 Å². The highest BCUT2D eigenvalue weighted by Gasteiger charge is 2.48. The Labute approximate surface area is 200 Å². The molecular weight excluding hydrogens is 467 g/mol. The van der Waals surface area contributed by atoms with E-state index in [1.54, 1.807) is 49.4 Å². The molecule has 1 saturated heterocycles. The van der Waals surface area contributed by atoms with Crippen LogP contribution in [0.25, 0.3) is 5.76 Å². The molecule has 0 spiro atoms. The number of amides is 1. The average molecular weight is 487 g/mol. The summed E-state index contributed by atoms with van der Waals surface area (Å²) in [6, 6.07) is 11.9. The number of aromatic nitrogens is 1. The number of hydrogen-bond donors (Lipinski definition) is 1. The molecule has 170 valence electrons. The van der Waals surface area contributed by atoms with Gasteiger partial charge in [0, 0.05) is 11.6 Å². The molecule has 9 heteroatoms. The monoisotopic (exact) mass is 486 g/mol. The number of carbonyl (C=O) groups excluding carboxylic acids is 2. The van der Waals surface area contributed by atoms with Gasteiger partial charge >= 0.3 is 5.91 Å². The predicted molar refractivity (Wildman–Crippen MR) is 125 cm³/mol. The lowest BCUT2D eigenvalue weighted by Crippen LogP contribution is -2.29. The van der Waals surface area contributed by atoms with Gasteiger partial charge in [-0.25, -0.2) is 0 Å². The summed E-state index contributed by atoms with van der Waals surface area (Å²) in [7, 11) is 0. The molecule has 2 aromatic carbocycles. The molecule has 7 nitrogen and oxygen atoms in total. The minimum Gasteiger partial charge on any atom is -0.507 e. The van der Waals surface area contributed by atoms with Crippen LogP contribution >= 0.6 is 23.2 Å². The molecule has 1 aliphatic heterocycles. The third-order valence-electron chi connectivity index (χ3n) is 5.07. The number of Topliss-reactive ketones (excluding diaryl/α,β-unsaturated/α-hetero) is 1. The van der Waals surface area contributed by atoms with Gasteiger partial charge in [-0.2, -0.15) is 0 Å². The Morgan fingerprint density at radius 2 is 1.79 bits per heavy atom. The Balaban J connectivity index is 1.87. The van der Waals surface area contributed by atoms with Gasteiger partial charge in [0.1, 0.15) is 17.3 Å². The zero-order valence-electron chi connectivity index (χ0n) is 18.0. The third-order valence-corrected chi connectivity index (χ3v) is 5.80. The minimum atomic E-state index is -0.990. The van der Waals surface area contributed by atoms with Crippen LogP contribution in [0, 0.1) is 6.92 Å². The second-order valence-corrected chi connectivity index (χ2v) is 8.64. The Bertz CT molecular complexity index is 1260. The molecule has 0 aliphatic carbocycles. The number of nitrogens with zero attached hydrogens (tertiary/aromatic N) is 2. The molecule has 0 bridgehead atoms. The molecule has 33 heavy (non-hydrogen) atoms. The molecule has 4 rings (SSSR count). The van der Waals surface area contributed by atoms with Crippen molar-refractivity contribution < 1.29 is 24.0 Å².